The lowest BCUT2D eigenvalue weighted by molar-refractivity contribution is 0.167. The normalized spacial score (nSPS) is 16.8. The highest BCUT2D eigenvalue weighted by Gasteiger charge is 2.21. The standard InChI is InChI=1S/C18H33N5S.HI/c1-14(2)23-11-8-16(9-12-23)22-18(19-4)20-10-6-5-7-17-21-15(3)13-24-17;/h13-14,16H,5-12H2,1-4H3,(H2,19,20,22);1H. The molecule has 1 aliphatic rings. The van der Waals surface area contributed by atoms with Gasteiger partial charge >= 0.3 is 0 Å². The molecule has 0 amide bonds. The van der Waals surface area contributed by atoms with Crippen molar-refractivity contribution in [3.8, 4) is 0 Å². The Hall–Kier alpha value is -0.410. The van der Waals surface area contributed by atoms with Crippen LogP contribution in [0.5, 0.6) is 0 Å². The number of aromatic nitrogens is 1. The second-order valence-corrected chi connectivity index (χ2v) is 7.83. The van der Waals surface area contributed by atoms with Crippen LogP contribution < -0.4 is 10.6 Å². The van der Waals surface area contributed by atoms with Crippen LogP contribution in [0.4, 0.5) is 0 Å². The van der Waals surface area contributed by atoms with E-state index >= 15 is 0 Å². The van der Waals surface area contributed by atoms with Gasteiger partial charge in [0.25, 0.3) is 0 Å². The van der Waals surface area contributed by atoms with Gasteiger partial charge in [0.05, 0.1) is 5.01 Å². The molecular formula is C18H34IN5S. The number of aryl methyl sites for hydroxylation is 2. The smallest absolute Gasteiger partial charge is 0.191 e. The average molecular weight is 479 g/mol. The highest BCUT2D eigenvalue weighted by atomic mass is 127. The van der Waals surface area contributed by atoms with Gasteiger partial charge in [-0.15, -0.1) is 35.3 Å². The third-order valence-corrected chi connectivity index (χ3v) is 5.63. The van der Waals surface area contributed by atoms with E-state index in [1.807, 2.05) is 7.05 Å². The fraction of sp³-hybridized carbons (Fsp3) is 0.778. The molecule has 0 radical (unpaired) electrons. The third kappa shape index (κ3) is 8.21. The Balaban J connectivity index is 0.00000312. The third-order valence-electron chi connectivity index (χ3n) is 4.60. The minimum atomic E-state index is 0. The number of halogens is 1. The number of hydrogen-bond acceptors (Lipinski definition) is 4. The maximum atomic E-state index is 4.51. The molecule has 1 saturated heterocycles. The number of thiazole rings is 1. The van der Waals surface area contributed by atoms with Gasteiger partial charge in [-0.3, -0.25) is 4.99 Å². The van der Waals surface area contributed by atoms with Crippen molar-refractivity contribution in [3.63, 3.8) is 0 Å². The Morgan fingerprint density at radius 3 is 2.64 bits per heavy atom. The summed E-state index contributed by atoms with van der Waals surface area (Å²) >= 11 is 1.77. The SMILES string of the molecule is CN=C(NCCCCc1nc(C)cs1)NC1CCN(C(C)C)CC1.I. The average Bonchev–Trinajstić information content (AvgIpc) is 2.99. The number of likely N-dealkylation sites (tertiary alicyclic amines) is 1. The highest BCUT2D eigenvalue weighted by molar-refractivity contribution is 14.0. The lowest BCUT2D eigenvalue weighted by atomic mass is 10.0. The second kappa shape index (κ2) is 12.1. The molecule has 7 heteroatoms. The monoisotopic (exact) mass is 479 g/mol. The van der Waals surface area contributed by atoms with Gasteiger partial charge in [0, 0.05) is 49.8 Å². The van der Waals surface area contributed by atoms with Crippen LogP contribution in [-0.2, 0) is 6.42 Å². The maximum Gasteiger partial charge on any atom is 0.191 e. The number of nitrogens with zero attached hydrogens (tertiary/aromatic N) is 3. The Kier molecular flexibility index (Phi) is 10.9. The molecule has 5 nitrogen and oxygen atoms in total. The number of piperidine rings is 1. The van der Waals surface area contributed by atoms with E-state index in [0.717, 1.165) is 31.0 Å². The van der Waals surface area contributed by atoms with E-state index in [0.29, 0.717) is 12.1 Å². The molecule has 1 aromatic rings. The van der Waals surface area contributed by atoms with Gasteiger partial charge in [-0.2, -0.15) is 0 Å². The molecule has 1 aromatic heterocycles. The van der Waals surface area contributed by atoms with E-state index in [-0.39, 0.29) is 24.0 Å². The van der Waals surface area contributed by atoms with Crippen molar-refractivity contribution in [2.75, 3.05) is 26.7 Å². The van der Waals surface area contributed by atoms with Gasteiger partial charge in [-0.25, -0.2) is 4.98 Å². The lowest BCUT2D eigenvalue weighted by Crippen LogP contribution is -2.49. The fourth-order valence-electron chi connectivity index (χ4n) is 3.07. The topological polar surface area (TPSA) is 52.6 Å². The van der Waals surface area contributed by atoms with Gasteiger partial charge in [-0.1, -0.05) is 0 Å². The zero-order valence-electron chi connectivity index (χ0n) is 16.0. The minimum absolute atomic E-state index is 0. The molecular weight excluding hydrogens is 445 g/mol. The van der Waals surface area contributed by atoms with Crippen molar-refractivity contribution >= 4 is 41.3 Å². The summed E-state index contributed by atoms with van der Waals surface area (Å²) < 4.78 is 0. The van der Waals surface area contributed by atoms with E-state index in [2.05, 4.69) is 51.7 Å². The lowest BCUT2D eigenvalue weighted by Gasteiger charge is -2.35. The van der Waals surface area contributed by atoms with Crippen molar-refractivity contribution in [3.05, 3.63) is 16.1 Å². The van der Waals surface area contributed by atoms with E-state index in [9.17, 15) is 0 Å². The van der Waals surface area contributed by atoms with Crippen LogP contribution in [0.15, 0.2) is 10.4 Å². The van der Waals surface area contributed by atoms with Crippen molar-refractivity contribution in [2.45, 2.75) is 65.0 Å². The van der Waals surface area contributed by atoms with Gasteiger partial charge in [0.15, 0.2) is 5.96 Å². The molecule has 2 heterocycles. The van der Waals surface area contributed by atoms with Crippen molar-refractivity contribution in [2.24, 2.45) is 4.99 Å². The summed E-state index contributed by atoms with van der Waals surface area (Å²) in [5.41, 5.74) is 1.14. The zero-order valence-corrected chi connectivity index (χ0v) is 19.2. The number of hydrogen-bond donors (Lipinski definition) is 2. The van der Waals surface area contributed by atoms with Crippen LogP contribution in [0.25, 0.3) is 0 Å². The first-order chi connectivity index (χ1) is 11.6. The minimum Gasteiger partial charge on any atom is -0.356 e. The summed E-state index contributed by atoms with van der Waals surface area (Å²) in [6.07, 6.45) is 5.79. The predicted octanol–water partition coefficient (Wildman–Crippen LogP) is 3.43. The molecule has 0 aromatic carbocycles. The quantitative estimate of drug-likeness (QED) is 0.272. The highest BCUT2D eigenvalue weighted by Crippen LogP contribution is 2.13. The maximum absolute atomic E-state index is 4.51. The number of guanidine groups is 1. The van der Waals surface area contributed by atoms with Crippen molar-refractivity contribution in [1.29, 1.82) is 0 Å². The summed E-state index contributed by atoms with van der Waals surface area (Å²) in [6, 6.07) is 1.20. The van der Waals surface area contributed by atoms with Crippen molar-refractivity contribution in [1.82, 2.24) is 20.5 Å². The van der Waals surface area contributed by atoms with E-state index < -0.39 is 0 Å². The van der Waals surface area contributed by atoms with Crippen LogP contribution in [0.3, 0.4) is 0 Å². The molecule has 0 unspecified atom stereocenters. The number of nitrogens with one attached hydrogen (secondary N) is 2. The molecule has 1 fully saturated rings. The molecule has 2 N–H and O–H groups in total. The first-order valence-electron chi connectivity index (χ1n) is 9.20. The van der Waals surface area contributed by atoms with Gasteiger partial charge in [-0.05, 0) is 52.9 Å². The summed E-state index contributed by atoms with van der Waals surface area (Å²) in [4.78, 5) is 11.4. The Morgan fingerprint density at radius 2 is 2.08 bits per heavy atom. The Morgan fingerprint density at radius 1 is 1.36 bits per heavy atom. The van der Waals surface area contributed by atoms with Crippen LogP contribution >= 0.6 is 35.3 Å². The predicted molar refractivity (Wildman–Crippen MR) is 119 cm³/mol. The first kappa shape index (κ1) is 22.6. The Bertz CT molecular complexity index is 509. The van der Waals surface area contributed by atoms with E-state index in [1.54, 1.807) is 11.3 Å². The zero-order chi connectivity index (χ0) is 17.4. The van der Waals surface area contributed by atoms with Crippen LogP contribution in [0, 0.1) is 6.92 Å². The van der Waals surface area contributed by atoms with Gasteiger partial charge in [0.2, 0.25) is 0 Å². The van der Waals surface area contributed by atoms with E-state index in [4.69, 9.17) is 0 Å². The van der Waals surface area contributed by atoms with Crippen molar-refractivity contribution < 1.29 is 0 Å². The molecule has 144 valence electrons. The number of aliphatic imine (C=N–C) groups is 1. The largest absolute Gasteiger partial charge is 0.356 e. The molecule has 1 aliphatic heterocycles. The summed E-state index contributed by atoms with van der Waals surface area (Å²) in [5.74, 6) is 0.947. The molecule has 2 rings (SSSR count). The Labute approximate surface area is 174 Å². The summed E-state index contributed by atoms with van der Waals surface area (Å²) in [5, 5.41) is 10.4. The second-order valence-electron chi connectivity index (χ2n) is 6.89. The molecule has 25 heavy (non-hydrogen) atoms. The van der Waals surface area contributed by atoms with Gasteiger partial charge < -0.3 is 15.5 Å². The first-order valence-corrected chi connectivity index (χ1v) is 10.1. The molecule has 0 atom stereocenters. The van der Waals surface area contributed by atoms with Crippen LogP contribution in [0.1, 0.15) is 50.2 Å². The molecule has 0 spiro atoms. The summed E-state index contributed by atoms with van der Waals surface area (Å²) in [6.45, 7) is 9.94. The number of unbranched alkanes of at least 4 members (excludes halogenated alkanes) is 1. The number of rotatable bonds is 7. The van der Waals surface area contributed by atoms with E-state index in [1.165, 1.54) is 37.4 Å². The van der Waals surface area contributed by atoms with Crippen LogP contribution in [0.2, 0.25) is 0 Å². The van der Waals surface area contributed by atoms with Crippen LogP contribution in [-0.4, -0.2) is 54.6 Å². The molecule has 0 saturated carbocycles. The van der Waals surface area contributed by atoms with Gasteiger partial charge in [0.1, 0.15) is 0 Å². The molecule has 0 aliphatic carbocycles. The summed E-state index contributed by atoms with van der Waals surface area (Å²) in [7, 11) is 1.86. The fourth-order valence-corrected chi connectivity index (χ4v) is 3.89. The molecule has 0 bridgehead atoms.